The standard InChI is InChI=1S/C26H29N5O3/c1-29-13-3-5-24(29)26(33)30-14-10-23(11-15-30)34-22-8-6-20(7-9-22)28-25(32)19-17-31(18-19)21-4-2-12-27-16-21/h2-9,12-13,16,19,23H,10-11,14-15,17-18H2,1H3,(H,28,32). The van der Waals surface area contributed by atoms with Crippen LogP contribution in [-0.2, 0) is 11.8 Å². The van der Waals surface area contributed by atoms with Gasteiger partial charge in [0.2, 0.25) is 5.91 Å². The first-order valence-corrected chi connectivity index (χ1v) is 11.7. The van der Waals surface area contributed by atoms with Crippen LogP contribution in [0.1, 0.15) is 23.3 Å². The molecule has 5 rings (SSSR count). The minimum atomic E-state index is -0.0282. The van der Waals surface area contributed by atoms with Gasteiger partial charge in [0.25, 0.3) is 5.91 Å². The van der Waals surface area contributed by atoms with E-state index in [-0.39, 0.29) is 23.8 Å². The number of anilines is 2. The molecular weight excluding hydrogens is 430 g/mol. The third-order valence-electron chi connectivity index (χ3n) is 6.58. The van der Waals surface area contributed by atoms with Crippen molar-refractivity contribution in [1.29, 1.82) is 0 Å². The molecule has 0 spiro atoms. The van der Waals surface area contributed by atoms with E-state index in [2.05, 4.69) is 15.2 Å². The van der Waals surface area contributed by atoms with E-state index < -0.39 is 0 Å². The number of likely N-dealkylation sites (tertiary alicyclic amines) is 1. The van der Waals surface area contributed by atoms with Gasteiger partial charge in [0.1, 0.15) is 17.5 Å². The van der Waals surface area contributed by atoms with Crippen molar-refractivity contribution in [2.45, 2.75) is 18.9 Å². The summed E-state index contributed by atoms with van der Waals surface area (Å²) < 4.78 is 7.99. The average molecular weight is 460 g/mol. The maximum absolute atomic E-state index is 12.7. The van der Waals surface area contributed by atoms with Gasteiger partial charge in [0, 0.05) is 64.1 Å². The van der Waals surface area contributed by atoms with Crippen LogP contribution in [0.15, 0.2) is 67.1 Å². The molecule has 0 saturated carbocycles. The van der Waals surface area contributed by atoms with Gasteiger partial charge in [-0.1, -0.05) is 0 Å². The van der Waals surface area contributed by atoms with Crippen molar-refractivity contribution >= 4 is 23.2 Å². The molecule has 2 amide bonds. The van der Waals surface area contributed by atoms with E-state index in [1.807, 2.05) is 77.4 Å². The molecule has 8 heteroatoms. The lowest BCUT2D eigenvalue weighted by Crippen LogP contribution is -2.52. The first kappa shape index (κ1) is 22.0. The molecular formula is C26H29N5O3. The number of rotatable bonds is 6. The normalized spacial score (nSPS) is 16.7. The summed E-state index contributed by atoms with van der Waals surface area (Å²) >= 11 is 0. The highest BCUT2D eigenvalue weighted by atomic mass is 16.5. The average Bonchev–Trinajstić information content (AvgIpc) is 3.26. The smallest absolute Gasteiger partial charge is 0.270 e. The zero-order chi connectivity index (χ0) is 23.5. The maximum atomic E-state index is 12.7. The molecule has 8 nitrogen and oxygen atoms in total. The second kappa shape index (κ2) is 9.59. The Kier molecular flexibility index (Phi) is 6.20. The highest BCUT2D eigenvalue weighted by Gasteiger charge is 2.33. The van der Waals surface area contributed by atoms with Gasteiger partial charge < -0.3 is 24.4 Å². The molecule has 0 bridgehead atoms. The highest BCUT2D eigenvalue weighted by molar-refractivity contribution is 5.94. The second-order valence-electron chi connectivity index (χ2n) is 8.94. The van der Waals surface area contributed by atoms with Crippen molar-refractivity contribution in [2.24, 2.45) is 13.0 Å². The minimum Gasteiger partial charge on any atom is -0.490 e. The third-order valence-corrected chi connectivity index (χ3v) is 6.58. The molecule has 2 saturated heterocycles. The van der Waals surface area contributed by atoms with Crippen LogP contribution in [-0.4, -0.2) is 58.5 Å². The lowest BCUT2D eigenvalue weighted by molar-refractivity contribution is -0.120. The number of nitrogens with one attached hydrogen (secondary N) is 1. The lowest BCUT2D eigenvalue weighted by Gasteiger charge is -2.39. The number of amides is 2. The molecule has 0 atom stereocenters. The number of benzene rings is 1. The number of hydrogen-bond acceptors (Lipinski definition) is 5. The topological polar surface area (TPSA) is 79.7 Å². The van der Waals surface area contributed by atoms with E-state index in [0.29, 0.717) is 31.9 Å². The number of aryl methyl sites for hydroxylation is 1. The van der Waals surface area contributed by atoms with Crippen molar-refractivity contribution in [3.05, 3.63) is 72.8 Å². The summed E-state index contributed by atoms with van der Waals surface area (Å²) in [4.78, 5) is 33.4. The van der Waals surface area contributed by atoms with Crippen LogP contribution in [0.3, 0.4) is 0 Å². The number of aromatic nitrogens is 2. The summed E-state index contributed by atoms with van der Waals surface area (Å²) in [5.74, 6) is 0.848. The largest absolute Gasteiger partial charge is 0.490 e. The fraction of sp³-hybridized carbons (Fsp3) is 0.346. The Morgan fingerprint density at radius 2 is 1.79 bits per heavy atom. The van der Waals surface area contributed by atoms with Crippen LogP contribution in [0, 0.1) is 5.92 Å². The fourth-order valence-electron chi connectivity index (χ4n) is 4.47. The van der Waals surface area contributed by atoms with Crippen molar-refractivity contribution in [1.82, 2.24) is 14.5 Å². The van der Waals surface area contributed by atoms with Crippen LogP contribution < -0.4 is 15.0 Å². The SMILES string of the molecule is Cn1cccc1C(=O)N1CCC(Oc2ccc(NC(=O)C3CN(c4cccnc4)C3)cc2)CC1. The number of pyridine rings is 1. The van der Waals surface area contributed by atoms with Crippen molar-refractivity contribution in [2.75, 3.05) is 36.4 Å². The highest BCUT2D eigenvalue weighted by Crippen LogP contribution is 2.26. The molecule has 0 unspecified atom stereocenters. The second-order valence-corrected chi connectivity index (χ2v) is 8.94. The summed E-state index contributed by atoms with van der Waals surface area (Å²) in [5.41, 5.74) is 2.52. The van der Waals surface area contributed by atoms with Crippen molar-refractivity contribution in [3.8, 4) is 5.75 Å². The van der Waals surface area contributed by atoms with Crippen molar-refractivity contribution < 1.29 is 14.3 Å². The number of ether oxygens (including phenoxy) is 1. The van der Waals surface area contributed by atoms with Gasteiger partial charge in [-0.2, -0.15) is 0 Å². The van der Waals surface area contributed by atoms with Crippen LogP contribution in [0.25, 0.3) is 0 Å². The summed E-state index contributed by atoms with van der Waals surface area (Å²) in [7, 11) is 1.89. The third kappa shape index (κ3) is 4.76. The first-order valence-electron chi connectivity index (χ1n) is 11.7. The summed E-state index contributed by atoms with van der Waals surface area (Å²) in [6.07, 6.45) is 7.12. The summed E-state index contributed by atoms with van der Waals surface area (Å²) in [6.45, 7) is 2.76. The molecule has 3 aromatic rings. The predicted octanol–water partition coefficient (Wildman–Crippen LogP) is 3.18. The monoisotopic (exact) mass is 459 g/mol. The van der Waals surface area contributed by atoms with Crippen LogP contribution >= 0.6 is 0 Å². The van der Waals surface area contributed by atoms with Crippen LogP contribution in [0.5, 0.6) is 5.75 Å². The first-order chi connectivity index (χ1) is 16.6. The Hall–Kier alpha value is -3.81. The van der Waals surface area contributed by atoms with E-state index in [1.165, 1.54) is 0 Å². The molecule has 4 heterocycles. The maximum Gasteiger partial charge on any atom is 0.270 e. The number of piperidine rings is 1. The Bertz CT molecular complexity index is 1130. The van der Waals surface area contributed by atoms with E-state index in [0.717, 1.165) is 30.0 Å². The number of hydrogen-bond donors (Lipinski definition) is 1. The number of carbonyl (C=O) groups excluding carboxylic acids is 2. The lowest BCUT2D eigenvalue weighted by atomic mass is 9.98. The van der Waals surface area contributed by atoms with E-state index in [9.17, 15) is 9.59 Å². The van der Waals surface area contributed by atoms with Gasteiger partial charge in [-0.25, -0.2) is 0 Å². The number of nitrogens with zero attached hydrogens (tertiary/aromatic N) is 4. The van der Waals surface area contributed by atoms with Crippen molar-refractivity contribution in [3.63, 3.8) is 0 Å². The molecule has 1 N–H and O–H groups in total. The molecule has 34 heavy (non-hydrogen) atoms. The Labute approximate surface area is 199 Å². The van der Waals surface area contributed by atoms with E-state index in [4.69, 9.17) is 4.74 Å². The summed E-state index contributed by atoms with van der Waals surface area (Å²) in [6, 6.07) is 15.2. The molecule has 2 aliphatic heterocycles. The van der Waals surface area contributed by atoms with E-state index in [1.54, 1.807) is 6.20 Å². The van der Waals surface area contributed by atoms with Gasteiger partial charge in [-0.15, -0.1) is 0 Å². The predicted molar refractivity (Wildman–Crippen MR) is 130 cm³/mol. The number of carbonyl (C=O) groups is 2. The van der Waals surface area contributed by atoms with Crippen LogP contribution in [0.2, 0.25) is 0 Å². The molecule has 0 aliphatic carbocycles. The van der Waals surface area contributed by atoms with Crippen LogP contribution in [0.4, 0.5) is 11.4 Å². The van der Waals surface area contributed by atoms with E-state index >= 15 is 0 Å². The Morgan fingerprint density at radius 1 is 1.03 bits per heavy atom. The molecule has 176 valence electrons. The quantitative estimate of drug-likeness (QED) is 0.613. The Balaban J connectivity index is 1.07. The zero-order valence-electron chi connectivity index (χ0n) is 19.3. The zero-order valence-corrected chi connectivity index (χ0v) is 19.3. The van der Waals surface area contributed by atoms with Gasteiger partial charge in [-0.05, 0) is 48.5 Å². The molecule has 2 aromatic heterocycles. The molecule has 2 aliphatic rings. The minimum absolute atomic E-state index is 0.0282. The molecule has 0 radical (unpaired) electrons. The molecule has 1 aromatic carbocycles. The van der Waals surface area contributed by atoms with Gasteiger partial charge in [0.15, 0.2) is 0 Å². The summed E-state index contributed by atoms with van der Waals surface area (Å²) in [5, 5.41) is 3.00. The molecule has 2 fully saturated rings. The fourth-order valence-corrected chi connectivity index (χ4v) is 4.47. The van der Waals surface area contributed by atoms with Gasteiger partial charge >= 0.3 is 0 Å². The Morgan fingerprint density at radius 3 is 2.44 bits per heavy atom. The van der Waals surface area contributed by atoms with Gasteiger partial charge in [0.05, 0.1) is 17.8 Å². The van der Waals surface area contributed by atoms with Gasteiger partial charge in [-0.3, -0.25) is 14.6 Å².